The zero-order valence-electron chi connectivity index (χ0n) is 14.7. The van der Waals surface area contributed by atoms with Gasteiger partial charge in [-0.1, -0.05) is 32.1 Å². The van der Waals surface area contributed by atoms with Gasteiger partial charge in [-0.25, -0.2) is 0 Å². The Kier molecular flexibility index (Phi) is 5.33. The summed E-state index contributed by atoms with van der Waals surface area (Å²) in [5.74, 6) is -0.0147. The van der Waals surface area contributed by atoms with Crippen LogP contribution in [0.4, 0.5) is 0 Å². The summed E-state index contributed by atoms with van der Waals surface area (Å²) < 4.78 is 3.55. The van der Waals surface area contributed by atoms with Gasteiger partial charge in [0.15, 0.2) is 0 Å². The van der Waals surface area contributed by atoms with E-state index in [9.17, 15) is 4.79 Å². The minimum absolute atomic E-state index is 0.0147. The van der Waals surface area contributed by atoms with Gasteiger partial charge in [0.2, 0.25) is 0 Å². The van der Waals surface area contributed by atoms with Gasteiger partial charge >= 0.3 is 0 Å². The predicted molar refractivity (Wildman–Crippen MR) is 93.7 cm³/mol. The van der Waals surface area contributed by atoms with E-state index in [-0.39, 0.29) is 11.9 Å². The van der Waals surface area contributed by atoms with Crippen LogP contribution < -0.4 is 5.32 Å². The fourth-order valence-corrected chi connectivity index (χ4v) is 3.37. The van der Waals surface area contributed by atoms with Crippen LogP contribution in [0.15, 0.2) is 18.6 Å². The average Bonchev–Trinajstić information content (AvgIpc) is 3.15. The lowest BCUT2D eigenvalue weighted by atomic mass is 9.96. The zero-order valence-corrected chi connectivity index (χ0v) is 14.7. The van der Waals surface area contributed by atoms with Crippen LogP contribution in [0.25, 0.3) is 11.3 Å². The van der Waals surface area contributed by atoms with Crippen molar-refractivity contribution in [1.82, 2.24) is 24.9 Å². The van der Waals surface area contributed by atoms with Crippen molar-refractivity contribution in [2.24, 2.45) is 7.05 Å². The Hall–Kier alpha value is -2.11. The van der Waals surface area contributed by atoms with Crippen LogP contribution >= 0.6 is 0 Å². The maximum Gasteiger partial charge on any atom is 0.255 e. The molecule has 1 amide bonds. The first kappa shape index (κ1) is 16.7. The molecule has 1 aliphatic rings. The Balaban J connectivity index is 1.79. The molecule has 0 unspecified atom stereocenters. The molecule has 6 heteroatoms. The molecule has 2 heterocycles. The van der Waals surface area contributed by atoms with Crippen molar-refractivity contribution in [3.8, 4) is 11.3 Å². The zero-order chi connectivity index (χ0) is 16.9. The van der Waals surface area contributed by atoms with Crippen LogP contribution in [0, 0.1) is 0 Å². The third kappa shape index (κ3) is 3.86. The maximum absolute atomic E-state index is 12.8. The summed E-state index contributed by atoms with van der Waals surface area (Å²) in [6.45, 7) is 2.76. The first-order chi connectivity index (χ1) is 11.7. The monoisotopic (exact) mass is 329 g/mol. The first-order valence-corrected chi connectivity index (χ1v) is 9.04. The molecule has 0 aromatic carbocycles. The van der Waals surface area contributed by atoms with E-state index < -0.39 is 0 Å². The van der Waals surface area contributed by atoms with Crippen LogP contribution in [0.5, 0.6) is 0 Å². The fraction of sp³-hybridized carbons (Fsp3) is 0.611. The standard InChI is InChI=1S/C18H27N5O/c1-3-23-13-16(17(21-23)14-11-19-22(2)12-14)18(24)20-15-9-7-5-4-6-8-10-15/h11-13,15H,3-10H2,1-2H3,(H,20,24). The Bertz CT molecular complexity index is 679. The van der Waals surface area contributed by atoms with Gasteiger partial charge in [-0.3, -0.25) is 14.2 Å². The molecule has 0 radical (unpaired) electrons. The van der Waals surface area contributed by atoms with Gasteiger partial charge < -0.3 is 5.32 Å². The van der Waals surface area contributed by atoms with Crippen molar-refractivity contribution in [3.63, 3.8) is 0 Å². The van der Waals surface area contributed by atoms with E-state index in [2.05, 4.69) is 15.5 Å². The van der Waals surface area contributed by atoms with Crippen molar-refractivity contribution in [3.05, 3.63) is 24.2 Å². The number of nitrogens with zero attached hydrogens (tertiary/aromatic N) is 4. The Morgan fingerprint density at radius 2 is 1.92 bits per heavy atom. The summed E-state index contributed by atoms with van der Waals surface area (Å²) in [6.07, 6.45) is 14.0. The average molecular weight is 329 g/mol. The number of carbonyl (C=O) groups excluding carboxylic acids is 1. The topological polar surface area (TPSA) is 64.7 Å². The molecule has 3 rings (SSSR count). The first-order valence-electron chi connectivity index (χ1n) is 9.04. The van der Waals surface area contributed by atoms with Gasteiger partial charge in [0.1, 0.15) is 5.69 Å². The molecular formula is C18H27N5O. The van der Waals surface area contributed by atoms with Crippen molar-refractivity contribution < 1.29 is 4.79 Å². The molecule has 0 spiro atoms. The van der Waals surface area contributed by atoms with E-state index in [0.29, 0.717) is 11.3 Å². The Labute approximate surface area is 143 Å². The minimum atomic E-state index is -0.0147. The lowest BCUT2D eigenvalue weighted by Gasteiger charge is -2.20. The molecule has 2 aromatic rings. The van der Waals surface area contributed by atoms with Gasteiger partial charge in [0.25, 0.3) is 5.91 Å². The van der Waals surface area contributed by atoms with Crippen LogP contribution in [0.1, 0.15) is 62.2 Å². The van der Waals surface area contributed by atoms with Crippen molar-refractivity contribution in [2.45, 2.75) is 64.5 Å². The van der Waals surface area contributed by atoms with Crippen LogP contribution in [0.2, 0.25) is 0 Å². The fourth-order valence-electron chi connectivity index (χ4n) is 3.37. The second-order valence-electron chi connectivity index (χ2n) is 6.67. The molecule has 1 aliphatic carbocycles. The van der Waals surface area contributed by atoms with E-state index in [1.807, 2.05) is 31.0 Å². The second-order valence-corrected chi connectivity index (χ2v) is 6.67. The smallest absolute Gasteiger partial charge is 0.255 e. The molecule has 0 bridgehead atoms. The largest absolute Gasteiger partial charge is 0.349 e. The number of aryl methyl sites for hydroxylation is 2. The second kappa shape index (κ2) is 7.64. The third-order valence-electron chi connectivity index (χ3n) is 4.75. The molecule has 0 saturated heterocycles. The summed E-state index contributed by atoms with van der Waals surface area (Å²) in [6, 6.07) is 0.282. The summed E-state index contributed by atoms with van der Waals surface area (Å²) >= 11 is 0. The highest BCUT2D eigenvalue weighted by atomic mass is 16.1. The number of rotatable bonds is 4. The normalized spacial score (nSPS) is 16.6. The third-order valence-corrected chi connectivity index (χ3v) is 4.75. The molecular weight excluding hydrogens is 302 g/mol. The summed E-state index contributed by atoms with van der Waals surface area (Å²) in [7, 11) is 1.87. The van der Waals surface area contributed by atoms with Gasteiger partial charge in [-0.2, -0.15) is 10.2 Å². The van der Waals surface area contributed by atoms with Gasteiger partial charge in [-0.05, 0) is 19.8 Å². The molecule has 1 fully saturated rings. The molecule has 1 saturated carbocycles. The van der Waals surface area contributed by atoms with E-state index in [1.165, 1.54) is 32.1 Å². The SMILES string of the molecule is CCn1cc(C(=O)NC2CCCCCCC2)c(-c2cnn(C)c2)n1. The number of hydrogen-bond acceptors (Lipinski definition) is 3. The molecule has 24 heavy (non-hydrogen) atoms. The summed E-state index contributed by atoms with van der Waals surface area (Å²) in [5.41, 5.74) is 2.24. The predicted octanol–water partition coefficient (Wildman–Crippen LogP) is 3.15. The number of amides is 1. The van der Waals surface area contributed by atoms with Gasteiger partial charge in [0.05, 0.1) is 11.8 Å². The molecule has 6 nitrogen and oxygen atoms in total. The van der Waals surface area contributed by atoms with Crippen LogP contribution in [0.3, 0.4) is 0 Å². The van der Waals surface area contributed by atoms with E-state index in [0.717, 1.165) is 24.9 Å². The molecule has 2 aromatic heterocycles. The molecule has 0 aliphatic heterocycles. The van der Waals surface area contributed by atoms with Gasteiger partial charge in [0, 0.05) is 37.6 Å². The van der Waals surface area contributed by atoms with Gasteiger partial charge in [-0.15, -0.1) is 0 Å². The van der Waals surface area contributed by atoms with Crippen molar-refractivity contribution in [1.29, 1.82) is 0 Å². The van der Waals surface area contributed by atoms with E-state index in [4.69, 9.17) is 0 Å². The highest BCUT2D eigenvalue weighted by molar-refractivity contribution is 5.99. The number of carbonyl (C=O) groups is 1. The number of hydrogen-bond donors (Lipinski definition) is 1. The summed E-state index contributed by atoms with van der Waals surface area (Å²) in [5, 5.41) is 12.0. The highest BCUT2D eigenvalue weighted by Crippen LogP contribution is 2.23. The van der Waals surface area contributed by atoms with E-state index in [1.54, 1.807) is 10.9 Å². The van der Waals surface area contributed by atoms with Crippen molar-refractivity contribution >= 4 is 5.91 Å². The quantitative estimate of drug-likeness (QED) is 0.937. The Morgan fingerprint density at radius 1 is 1.21 bits per heavy atom. The molecule has 0 atom stereocenters. The molecule has 1 N–H and O–H groups in total. The van der Waals surface area contributed by atoms with E-state index >= 15 is 0 Å². The minimum Gasteiger partial charge on any atom is -0.349 e. The maximum atomic E-state index is 12.8. The van der Waals surface area contributed by atoms with Crippen molar-refractivity contribution in [2.75, 3.05) is 0 Å². The van der Waals surface area contributed by atoms with Crippen LogP contribution in [-0.4, -0.2) is 31.5 Å². The number of aromatic nitrogens is 4. The van der Waals surface area contributed by atoms with Crippen LogP contribution in [-0.2, 0) is 13.6 Å². The number of nitrogens with one attached hydrogen (secondary N) is 1. The Morgan fingerprint density at radius 3 is 2.54 bits per heavy atom. The lowest BCUT2D eigenvalue weighted by Crippen LogP contribution is -2.35. The highest BCUT2D eigenvalue weighted by Gasteiger charge is 2.21. The summed E-state index contributed by atoms with van der Waals surface area (Å²) in [4.78, 5) is 12.8. The lowest BCUT2D eigenvalue weighted by molar-refractivity contribution is 0.0931. The molecule has 130 valence electrons.